The highest BCUT2D eigenvalue weighted by molar-refractivity contribution is 5.83. The summed E-state index contributed by atoms with van der Waals surface area (Å²) in [6, 6.07) is 10.5. The van der Waals surface area contributed by atoms with Crippen molar-refractivity contribution in [2.75, 3.05) is 0 Å². The Morgan fingerprint density at radius 2 is 1.75 bits per heavy atom. The summed E-state index contributed by atoms with van der Waals surface area (Å²) < 4.78 is 5.97. The number of hydrogen-bond donors (Lipinski definition) is 0. The monoisotopic (exact) mass is 217 g/mol. The second kappa shape index (κ2) is 3.93. The third-order valence-corrected chi connectivity index (χ3v) is 2.77. The fourth-order valence-corrected chi connectivity index (χ4v) is 1.86. The Morgan fingerprint density at radius 1 is 1.12 bits per heavy atom. The molecule has 0 spiro atoms. The molecule has 16 heavy (non-hydrogen) atoms. The lowest BCUT2D eigenvalue weighted by molar-refractivity contribution is 0.181. The van der Waals surface area contributed by atoms with Crippen molar-refractivity contribution in [2.24, 2.45) is 10.4 Å². The molecule has 0 bridgehead atoms. The molecular formula is C14H19NO. The summed E-state index contributed by atoms with van der Waals surface area (Å²) in [6.45, 7) is 8.50. The second-order valence-corrected chi connectivity index (χ2v) is 5.37. The highest BCUT2D eigenvalue weighted by Crippen LogP contribution is 2.34. The molecule has 2 nitrogen and oxygen atoms in total. The molecule has 0 fully saturated rings. The van der Waals surface area contributed by atoms with Crippen molar-refractivity contribution in [1.29, 1.82) is 0 Å². The van der Waals surface area contributed by atoms with Crippen LogP contribution in [0.4, 0.5) is 0 Å². The van der Waals surface area contributed by atoms with Crippen molar-refractivity contribution in [1.82, 2.24) is 0 Å². The van der Waals surface area contributed by atoms with E-state index >= 15 is 0 Å². The molecule has 1 aliphatic rings. The quantitative estimate of drug-likeness (QED) is 0.704. The van der Waals surface area contributed by atoms with Crippen molar-refractivity contribution in [3.8, 4) is 0 Å². The Morgan fingerprint density at radius 3 is 2.25 bits per heavy atom. The van der Waals surface area contributed by atoms with E-state index in [0.717, 1.165) is 5.90 Å². The molecule has 86 valence electrons. The number of benzene rings is 1. The molecule has 1 aromatic rings. The van der Waals surface area contributed by atoms with E-state index in [2.05, 4.69) is 44.8 Å². The predicted octanol–water partition coefficient (Wildman–Crippen LogP) is 3.59. The first-order chi connectivity index (χ1) is 7.48. The molecule has 0 aliphatic carbocycles. The molecule has 0 amide bonds. The van der Waals surface area contributed by atoms with Gasteiger partial charge in [-0.25, -0.2) is 4.99 Å². The zero-order valence-corrected chi connectivity index (χ0v) is 10.4. The Hall–Kier alpha value is -1.31. The average Bonchev–Trinajstić information content (AvgIpc) is 2.61. The highest BCUT2D eigenvalue weighted by atomic mass is 16.5. The van der Waals surface area contributed by atoms with Gasteiger partial charge in [0.2, 0.25) is 0 Å². The molecule has 0 saturated heterocycles. The van der Waals surface area contributed by atoms with E-state index in [0.29, 0.717) is 0 Å². The SMILES string of the molecule is C[C@@H]1N=C(C(C)(C)C)O[C@@H]1c1ccccc1. The predicted molar refractivity (Wildman–Crippen MR) is 66.6 cm³/mol. The van der Waals surface area contributed by atoms with Gasteiger partial charge >= 0.3 is 0 Å². The second-order valence-electron chi connectivity index (χ2n) is 5.37. The summed E-state index contributed by atoms with van der Waals surface area (Å²) in [6.07, 6.45) is 0.0791. The van der Waals surface area contributed by atoms with Crippen LogP contribution in [0.15, 0.2) is 35.3 Å². The van der Waals surface area contributed by atoms with Crippen molar-refractivity contribution >= 4 is 5.90 Å². The van der Waals surface area contributed by atoms with Crippen LogP contribution in [-0.4, -0.2) is 11.9 Å². The van der Waals surface area contributed by atoms with Crippen LogP contribution in [0.1, 0.15) is 39.4 Å². The summed E-state index contributed by atoms with van der Waals surface area (Å²) in [5, 5.41) is 0. The number of ether oxygens (including phenoxy) is 1. The summed E-state index contributed by atoms with van der Waals surface area (Å²) >= 11 is 0. The van der Waals surface area contributed by atoms with Gasteiger partial charge in [0.15, 0.2) is 5.90 Å². The zero-order valence-electron chi connectivity index (χ0n) is 10.4. The van der Waals surface area contributed by atoms with Gasteiger partial charge in [-0.2, -0.15) is 0 Å². The summed E-state index contributed by atoms with van der Waals surface area (Å²) in [4.78, 5) is 4.61. The largest absolute Gasteiger partial charge is 0.470 e. The lowest BCUT2D eigenvalue weighted by Crippen LogP contribution is -2.21. The Kier molecular flexibility index (Phi) is 2.75. The molecule has 2 heteroatoms. The van der Waals surface area contributed by atoms with E-state index in [-0.39, 0.29) is 17.6 Å². The van der Waals surface area contributed by atoms with Crippen LogP contribution in [0.25, 0.3) is 0 Å². The number of nitrogens with zero attached hydrogens (tertiary/aromatic N) is 1. The van der Waals surface area contributed by atoms with Crippen molar-refractivity contribution in [3.63, 3.8) is 0 Å². The molecule has 0 aromatic heterocycles. The molecule has 0 radical (unpaired) electrons. The molecule has 0 N–H and O–H groups in total. The topological polar surface area (TPSA) is 21.6 Å². The van der Waals surface area contributed by atoms with E-state index < -0.39 is 0 Å². The van der Waals surface area contributed by atoms with Gasteiger partial charge in [-0.3, -0.25) is 0 Å². The standard InChI is InChI=1S/C14H19NO/c1-10-12(11-8-6-5-7-9-11)16-13(15-10)14(2,3)4/h5-10,12H,1-4H3/t10-,12-/m0/s1. The number of hydrogen-bond acceptors (Lipinski definition) is 2. The maximum atomic E-state index is 5.97. The van der Waals surface area contributed by atoms with Crippen LogP contribution >= 0.6 is 0 Å². The molecule has 0 saturated carbocycles. The molecule has 1 aliphatic heterocycles. The molecule has 2 atom stereocenters. The van der Waals surface area contributed by atoms with Crippen molar-refractivity contribution in [2.45, 2.75) is 39.8 Å². The first-order valence-electron chi connectivity index (χ1n) is 5.78. The molecular weight excluding hydrogens is 198 g/mol. The van der Waals surface area contributed by atoms with Gasteiger partial charge in [0, 0.05) is 5.41 Å². The summed E-state index contributed by atoms with van der Waals surface area (Å²) in [7, 11) is 0. The smallest absolute Gasteiger partial charge is 0.189 e. The lowest BCUT2D eigenvalue weighted by Gasteiger charge is -2.20. The first kappa shape index (κ1) is 11.2. The van der Waals surface area contributed by atoms with Crippen LogP contribution in [0.2, 0.25) is 0 Å². The third-order valence-electron chi connectivity index (χ3n) is 2.77. The van der Waals surface area contributed by atoms with Gasteiger partial charge in [-0.05, 0) is 12.5 Å². The van der Waals surface area contributed by atoms with Gasteiger partial charge in [0.1, 0.15) is 6.10 Å². The fourth-order valence-electron chi connectivity index (χ4n) is 1.86. The van der Waals surface area contributed by atoms with E-state index in [4.69, 9.17) is 4.74 Å². The number of aliphatic imine (C=N–C) groups is 1. The molecule has 2 rings (SSSR count). The van der Waals surface area contributed by atoms with Gasteiger partial charge in [-0.15, -0.1) is 0 Å². The van der Waals surface area contributed by atoms with Crippen LogP contribution in [0.3, 0.4) is 0 Å². The first-order valence-corrected chi connectivity index (χ1v) is 5.78. The van der Waals surface area contributed by atoms with E-state index in [9.17, 15) is 0 Å². The third kappa shape index (κ3) is 2.11. The van der Waals surface area contributed by atoms with Crippen molar-refractivity contribution < 1.29 is 4.74 Å². The Balaban J connectivity index is 2.19. The normalized spacial score (nSPS) is 25.1. The number of rotatable bonds is 1. The minimum atomic E-state index is -0.00219. The van der Waals surface area contributed by atoms with Crippen LogP contribution < -0.4 is 0 Å². The van der Waals surface area contributed by atoms with E-state index in [1.807, 2.05) is 18.2 Å². The Labute approximate surface area is 97.4 Å². The minimum Gasteiger partial charge on any atom is -0.470 e. The van der Waals surface area contributed by atoms with Crippen molar-refractivity contribution in [3.05, 3.63) is 35.9 Å². The van der Waals surface area contributed by atoms with Crippen LogP contribution in [-0.2, 0) is 4.74 Å². The van der Waals surface area contributed by atoms with Crippen LogP contribution in [0.5, 0.6) is 0 Å². The average molecular weight is 217 g/mol. The van der Waals surface area contributed by atoms with Gasteiger partial charge in [0.05, 0.1) is 6.04 Å². The molecule has 1 heterocycles. The Bertz CT molecular complexity index is 389. The molecule has 1 aromatic carbocycles. The fraction of sp³-hybridized carbons (Fsp3) is 0.500. The highest BCUT2D eigenvalue weighted by Gasteiger charge is 2.34. The summed E-state index contributed by atoms with van der Waals surface area (Å²) in [5.74, 6) is 0.869. The maximum Gasteiger partial charge on any atom is 0.189 e. The zero-order chi connectivity index (χ0) is 11.8. The van der Waals surface area contributed by atoms with Gasteiger partial charge in [0.25, 0.3) is 0 Å². The minimum absolute atomic E-state index is 0.00219. The lowest BCUT2D eigenvalue weighted by atomic mass is 9.97. The van der Waals surface area contributed by atoms with Gasteiger partial charge < -0.3 is 4.74 Å². The van der Waals surface area contributed by atoms with E-state index in [1.54, 1.807) is 0 Å². The maximum absolute atomic E-state index is 5.97. The van der Waals surface area contributed by atoms with Crippen LogP contribution in [0, 0.1) is 5.41 Å². The van der Waals surface area contributed by atoms with E-state index in [1.165, 1.54) is 5.56 Å². The molecule has 0 unspecified atom stereocenters. The van der Waals surface area contributed by atoms with Gasteiger partial charge in [-0.1, -0.05) is 51.1 Å². The summed E-state index contributed by atoms with van der Waals surface area (Å²) in [5.41, 5.74) is 1.20.